The van der Waals surface area contributed by atoms with Crippen molar-refractivity contribution in [2.45, 2.75) is 6.92 Å². The number of hydrogen-bond acceptors (Lipinski definition) is 2. The molecule has 0 aliphatic carbocycles. The summed E-state index contributed by atoms with van der Waals surface area (Å²) in [7, 11) is 0. The summed E-state index contributed by atoms with van der Waals surface area (Å²) >= 11 is 3.34. The second-order valence-corrected chi connectivity index (χ2v) is 3.67. The Hall–Kier alpha value is -1.09. The summed E-state index contributed by atoms with van der Waals surface area (Å²) in [4.78, 5) is 11.2. The maximum atomic E-state index is 11.2. The largest absolute Gasteiger partial charge is 0.463 e. The molecule has 0 unspecified atom stereocenters. The maximum Gasteiger partial charge on any atom is 0.160 e. The third-order valence-electron chi connectivity index (χ3n) is 1.93. The highest BCUT2D eigenvalue weighted by molar-refractivity contribution is 9.10. The third-order valence-corrected chi connectivity index (χ3v) is 2.52. The van der Waals surface area contributed by atoms with Crippen molar-refractivity contribution in [2.75, 3.05) is 0 Å². The van der Waals surface area contributed by atoms with Gasteiger partial charge in [-0.05, 0) is 28.9 Å². The van der Waals surface area contributed by atoms with Gasteiger partial charge in [-0.1, -0.05) is 12.1 Å². The molecule has 3 heteroatoms. The molecule has 2 rings (SSSR count). The van der Waals surface area contributed by atoms with Crippen molar-refractivity contribution in [2.24, 2.45) is 0 Å². The van der Waals surface area contributed by atoms with E-state index in [9.17, 15) is 4.79 Å². The lowest BCUT2D eigenvalue weighted by Crippen LogP contribution is -1.91. The first-order valence-corrected chi connectivity index (χ1v) is 4.66. The standard InChI is InChI=1S/C10H7BrO2/c1-6(12)7-3-2-4-9-10(7)8(11)5-13-9/h2-5H,1H3. The zero-order chi connectivity index (χ0) is 9.42. The number of hydrogen-bond donors (Lipinski definition) is 0. The molecule has 0 atom stereocenters. The van der Waals surface area contributed by atoms with E-state index in [1.54, 1.807) is 19.3 Å². The van der Waals surface area contributed by atoms with Gasteiger partial charge in [-0.3, -0.25) is 4.79 Å². The van der Waals surface area contributed by atoms with Crippen molar-refractivity contribution in [3.05, 3.63) is 34.5 Å². The summed E-state index contributed by atoms with van der Waals surface area (Å²) in [5, 5.41) is 0.856. The SMILES string of the molecule is CC(=O)c1cccc2occ(Br)c12. The van der Waals surface area contributed by atoms with Crippen molar-refractivity contribution in [3.8, 4) is 0 Å². The number of Topliss-reactive ketones (excluding diaryl/α,β-unsaturated/α-hetero) is 1. The number of rotatable bonds is 1. The van der Waals surface area contributed by atoms with Crippen LogP contribution in [0.1, 0.15) is 17.3 Å². The average Bonchev–Trinajstić information content (AvgIpc) is 2.48. The fraction of sp³-hybridized carbons (Fsp3) is 0.100. The van der Waals surface area contributed by atoms with Gasteiger partial charge in [0.05, 0.1) is 4.47 Å². The molecule has 1 heterocycles. The van der Waals surface area contributed by atoms with Crippen molar-refractivity contribution in [1.82, 2.24) is 0 Å². The van der Waals surface area contributed by atoms with Gasteiger partial charge in [0.1, 0.15) is 11.8 Å². The lowest BCUT2D eigenvalue weighted by Gasteiger charge is -1.96. The second-order valence-electron chi connectivity index (χ2n) is 2.82. The van der Waals surface area contributed by atoms with E-state index in [2.05, 4.69) is 15.9 Å². The normalized spacial score (nSPS) is 10.6. The molecular weight excluding hydrogens is 232 g/mol. The summed E-state index contributed by atoms with van der Waals surface area (Å²) in [6, 6.07) is 5.45. The van der Waals surface area contributed by atoms with E-state index in [0.29, 0.717) is 5.56 Å². The minimum absolute atomic E-state index is 0.0488. The minimum Gasteiger partial charge on any atom is -0.463 e. The van der Waals surface area contributed by atoms with Crippen molar-refractivity contribution in [1.29, 1.82) is 0 Å². The molecule has 13 heavy (non-hydrogen) atoms. The Labute approximate surface area is 83.7 Å². The zero-order valence-electron chi connectivity index (χ0n) is 7.00. The van der Waals surface area contributed by atoms with E-state index in [1.165, 1.54) is 0 Å². The number of furan rings is 1. The molecule has 0 aliphatic heterocycles. The highest BCUT2D eigenvalue weighted by atomic mass is 79.9. The van der Waals surface area contributed by atoms with Crippen LogP contribution >= 0.6 is 15.9 Å². The van der Waals surface area contributed by atoms with Crippen LogP contribution in [0.15, 0.2) is 33.4 Å². The number of carbonyl (C=O) groups excluding carboxylic acids is 1. The molecule has 2 nitrogen and oxygen atoms in total. The summed E-state index contributed by atoms with van der Waals surface area (Å²) in [5.41, 5.74) is 1.43. The lowest BCUT2D eigenvalue weighted by atomic mass is 10.1. The van der Waals surface area contributed by atoms with Crippen LogP contribution < -0.4 is 0 Å². The molecule has 0 saturated carbocycles. The summed E-state index contributed by atoms with van der Waals surface area (Å²) in [6.07, 6.45) is 1.59. The van der Waals surface area contributed by atoms with Gasteiger partial charge < -0.3 is 4.42 Å². The number of carbonyl (C=O) groups is 1. The van der Waals surface area contributed by atoms with Gasteiger partial charge in [-0.15, -0.1) is 0 Å². The van der Waals surface area contributed by atoms with Crippen LogP contribution in [0.2, 0.25) is 0 Å². The first kappa shape index (κ1) is 8.51. The molecule has 0 aliphatic rings. The van der Waals surface area contributed by atoms with Gasteiger partial charge in [-0.2, -0.15) is 0 Å². The lowest BCUT2D eigenvalue weighted by molar-refractivity contribution is 0.101. The van der Waals surface area contributed by atoms with E-state index in [4.69, 9.17) is 4.42 Å². The Bertz CT molecular complexity index is 471. The monoisotopic (exact) mass is 238 g/mol. The van der Waals surface area contributed by atoms with Crippen molar-refractivity contribution >= 4 is 32.7 Å². The highest BCUT2D eigenvalue weighted by Gasteiger charge is 2.10. The fourth-order valence-corrected chi connectivity index (χ4v) is 1.85. The smallest absolute Gasteiger partial charge is 0.160 e. The van der Waals surface area contributed by atoms with E-state index >= 15 is 0 Å². The van der Waals surface area contributed by atoms with Gasteiger partial charge in [0.25, 0.3) is 0 Å². The number of fused-ring (bicyclic) bond motifs is 1. The Kier molecular flexibility index (Phi) is 1.96. The predicted octanol–water partition coefficient (Wildman–Crippen LogP) is 3.40. The molecule has 0 bridgehead atoms. The summed E-state index contributed by atoms with van der Waals surface area (Å²) < 4.78 is 6.07. The Balaban J connectivity index is 2.88. The molecule has 0 spiro atoms. The molecule has 1 aromatic heterocycles. The number of halogens is 1. The van der Waals surface area contributed by atoms with Crippen LogP contribution in [0.5, 0.6) is 0 Å². The third kappa shape index (κ3) is 1.29. The van der Waals surface area contributed by atoms with Gasteiger partial charge in [0, 0.05) is 10.9 Å². The Morgan fingerprint density at radius 3 is 2.92 bits per heavy atom. The molecular formula is C10H7BrO2. The fourth-order valence-electron chi connectivity index (χ4n) is 1.34. The van der Waals surface area contributed by atoms with E-state index in [1.807, 2.05) is 12.1 Å². The van der Waals surface area contributed by atoms with Crippen LogP contribution in [0.25, 0.3) is 11.0 Å². The zero-order valence-corrected chi connectivity index (χ0v) is 8.59. The molecule has 2 aromatic rings. The van der Waals surface area contributed by atoms with Gasteiger partial charge >= 0.3 is 0 Å². The van der Waals surface area contributed by atoms with Crippen LogP contribution in [0.3, 0.4) is 0 Å². The molecule has 66 valence electrons. The first-order valence-electron chi connectivity index (χ1n) is 3.87. The van der Waals surface area contributed by atoms with Crippen molar-refractivity contribution in [3.63, 3.8) is 0 Å². The molecule has 0 N–H and O–H groups in total. The van der Waals surface area contributed by atoms with E-state index in [-0.39, 0.29) is 5.78 Å². The van der Waals surface area contributed by atoms with E-state index in [0.717, 1.165) is 15.4 Å². The molecule has 1 aromatic carbocycles. The summed E-state index contributed by atoms with van der Waals surface area (Å²) in [6.45, 7) is 1.55. The van der Waals surface area contributed by atoms with Crippen LogP contribution in [-0.2, 0) is 0 Å². The Morgan fingerprint density at radius 1 is 1.46 bits per heavy atom. The second kappa shape index (κ2) is 3.00. The highest BCUT2D eigenvalue weighted by Crippen LogP contribution is 2.29. The molecule has 0 radical (unpaired) electrons. The van der Waals surface area contributed by atoms with Gasteiger partial charge in [0.15, 0.2) is 5.78 Å². The van der Waals surface area contributed by atoms with Gasteiger partial charge in [-0.25, -0.2) is 0 Å². The topological polar surface area (TPSA) is 30.2 Å². The van der Waals surface area contributed by atoms with Crippen molar-refractivity contribution < 1.29 is 9.21 Å². The van der Waals surface area contributed by atoms with Crippen LogP contribution in [0.4, 0.5) is 0 Å². The average molecular weight is 239 g/mol. The molecule has 0 fully saturated rings. The van der Waals surface area contributed by atoms with Crippen LogP contribution in [-0.4, -0.2) is 5.78 Å². The number of ketones is 1. The Morgan fingerprint density at radius 2 is 2.23 bits per heavy atom. The molecule has 0 saturated heterocycles. The van der Waals surface area contributed by atoms with Gasteiger partial charge in [0.2, 0.25) is 0 Å². The maximum absolute atomic E-state index is 11.2. The van der Waals surface area contributed by atoms with Crippen LogP contribution in [0, 0.1) is 0 Å². The number of benzene rings is 1. The first-order chi connectivity index (χ1) is 6.20. The predicted molar refractivity (Wildman–Crippen MR) is 53.9 cm³/mol. The quantitative estimate of drug-likeness (QED) is 0.714. The molecule has 0 amide bonds. The van der Waals surface area contributed by atoms with E-state index < -0.39 is 0 Å². The summed E-state index contributed by atoms with van der Waals surface area (Å²) in [5.74, 6) is 0.0488. The minimum atomic E-state index is 0.0488.